The number of hydrogen-bond donors (Lipinski definition) is 1. The van der Waals surface area contributed by atoms with Crippen molar-refractivity contribution in [3.05, 3.63) is 30.2 Å². The molecule has 2 aromatic rings. The Morgan fingerprint density at radius 1 is 1.57 bits per heavy atom. The van der Waals surface area contributed by atoms with Gasteiger partial charge in [-0.1, -0.05) is 0 Å². The molecule has 0 amide bonds. The Kier molecular flexibility index (Phi) is 2.21. The third kappa shape index (κ3) is 1.61. The molecule has 1 aromatic carbocycles. The normalized spacial score (nSPS) is 13.4. The first-order chi connectivity index (χ1) is 6.66. The minimum Gasteiger partial charge on any atom is -0.391 e. The van der Waals surface area contributed by atoms with Crippen molar-refractivity contribution >= 4 is 10.9 Å². The molecule has 4 heteroatoms. The lowest BCUT2D eigenvalue weighted by Gasteiger charge is -2.05. The summed E-state index contributed by atoms with van der Waals surface area (Å²) in [7, 11) is 0. The van der Waals surface area contributed by atoms with E-state index in [-0.39, 0.29) is 5.82 Å². The molecule has 0 saturated carbocycles. The number of aromatic nitrogens is 2. The van der Waals surface area contributed by atoms with Crippen LogP contribution in [0.15, 0.2) is 24.4 Å². The molecule has 1 N–H and O–H groups in total. The van der Waals surface area contributed by atoms with Crippen LogP contribution in [0.4, 0.5) is 4.39 Å². The summed E-state index contributed by atoms with van der Waals surface area (Å²) in [5, 5.41) is 14.1. The Bertz CT molecular complexity index is 450. The van der Waals surface area contributed by atoms with Crippen LogP contribution in [0.2, 0.25) is 0 Å². The Hall–Kier alpha value is -1.42. The van der Waals surface area contributed by atoms with Gasteiger partial charge < -0.3 is 5.11 Å². The number of aliphatic hydroxyl groups is 1. The van der Waals surface area contributed by atoms with Crippen LogP contribution in [-0.4, -0.2) is 21.0 Å². The summed E-state index contributed by atoms with van der Waals surface area (Å²) in [5.41, 5.74) is 0.714. The highest BCUT2D eigenvalue weighted by Gasteiger charge is 2.05. The van der Waals surface area contributed by atoms with E-state index in [1.165, 1.54) is 12.1 Å². The van der Waals surface area contributed by atoms with Crippen molar-refractivity contribution in [2.45, 2.75) is 19.6 Å². The summed E-state index contributed by atoms with van der Waals surface area (Å²) >= 11 is 0. The fourth-order valence-electron chi connectivity index (χ4n) is 1.44. The van der Waals surface area contributed by atoms with Crippen molar-refractivity contribution in [1.29, 1.82) is 0 Å². The van der Waals surface area contributed by atoms with Crippen LogP contribution < -0.4 is 0 Å². The third-order valence-corrected chi connectivity index (χ3v) is 2.04. The van der Waals surface area contributed by atoms with E-state index in [1.54, 1.807) is 23.9 Å². The Balaban J connectivity index is 2.50. The van der Waals surface area contributed by atoms with E-state index >= 15 is 0 Å². The van der Waals surface area contributed by atoms with Gasteiger partial charge in [-0.25, -0.2) is 4.39 Å². The molecule has 0 aliphatic carbocycles. The van der Waals surface area contributed by atoms with E-state index in [0.29, 0.717) is 12.1 Å². The molecule has 1 heterocycles. The first-order valence-electron chi connectivity index (χ1n) is 4.46. The highest BCUT2D eigenvalue weighted by Crippen LogP contribution is 2.15. The molecule has 1 unspecified atom stereocenters. The molecule has 0 aliphatic rings. The lowest BCUT2D eigenvalue weighted by atomic mass is 10.2. The number of hydrogen-bond acceptors (Lipinski definition) is 2. The number of halogens is 1. The van der Waals surface area contributed by atoms with Gasteiger partial charge in [0, 0.05) is 5.39 Å². The van der Waals surface area contributed by atoms with Gasteiger partial charge in [-0.2, -0.15) is 5.10 Å². The molecule has 2 rings (SSSR count). The fourth-order valence-corrected chi connectivity index (χ4v) is 1.44. The minimum absolute atomic E-state index is 0.287. The second-order valence-electron chi connectivity index (χ2n) is 3.38. The van der Waals surface area contributed by atoms with Crippen molar-refractivity contribution in [3.8, 4) is 0 Å². The van der Waals surface area contributed by atoms with Crippen molar-refractivity contribution in [2.24, 2.45) is 0 Å². The molecule has 0 aliphatic heterocycles. The van der Waals surface area contributed by atoms with Crippen molar-refractivity contribution in [3.63, 3.8) is 0 Å². The van der Waals surface area contributed by atoms with Crippen LogP contribution in [0.3, 0.4) is 0 Å². The first kappa shape index (κ1) is 9.15. The minimum atomic E-state index is -0.485. The Morgan fingerprint density at radius 3 is 3.07 bits per heavy atom. The van der Waals surface area contributed by atoms with Gasteiger partial charge in [-0.3, -0.25) is 4.68 Å². The highest BCUT2D eigenvalue weighted by atomic mass is 19.1. The van der Waals surface area contributed by atoms with Crippen LogP contribution in [0.5, 0.6) is 0 Å². The van der Waals surface area contributed by atoms with E-state index in [1.807, 2.05) is 0 Å². The summed E-state index contributed by atoms with van der Waals surface area (Å²) in [6, 6.07) is 4.50. The lowest BCUT2D eigenvalue weighted by Crippen LogP contribution is -2.12. The number of aliphatic hydroxyl groups excluding tert-OH is 1. The monoisotopic (exact) mass is 194 g/mol. The molecule has 0 spiro atoms. The molecule has 0 saturated heterocycles. The molecular formula is C10H11FN2O. The number of nitrogens with zero attached hydrogens (tertiary/aromatic N) is 2. The molecule has 0 fully saturated rings. The maximum atomic E-state index is 12.9. The second kappa shape index (κ2) is 3.38. The van der Waals surface area contributed by atoms with Crippen molar-refractivity contribution < 1.29 is 9.50 Å². The van der Waals surface area contributed by atoms with Crippen LogP contribution in [0, 0.1) is 5.82 Å². The van der Waals surface area contributed by atoms with E-state index in [4.69, 9.17) is 0 Å². The lowest BCUT2D eigenvalue weighted by molar-refractivity contribution is 0.170. The molecule has 14 heavy (non-hydrogen) atoms. The smallest absolute Gasteiger partial charge is 0.125 e. The maximum absolute atomic E-state index is 12.9. The summed E-state index contributed by atoms with van der Waals surface area (Å²) in [6.45, 7) is 2.06. The fraction of sp³-hybridized carbons (Fsp3) is 0.300. The predicted molar refractivity (Wildman–Crippen MR) is 51.4 cm³/mol. The van der Waals surface area contributed by atoms with Gasteiger partial charge in [0.1, 0.15) is 5.82 Å². The van der Waals surface area contributed by atoms with Crippen LogP contribution in [0.1, 0.15) is 6.92 Å². The summed E-state index contributed by atoms with van der Waals surface area (Å²) in [6.07, 6.45) is 1.18. The number of rotatable bonds is 2. The Labute approximate surface area is 80.8 Å². The standard InChI is InChI=1S/C10H11FN2O/c1-7(14)6-13-10-4-9(11)3-2-8(10)5-12-13/h2-5,7,14H,6H2,1H3. The van der Waals surface area contributed by atoms with Crippen LogP contribution >= 0.6 is 0 Å². The third-order valence-electron chi connectivity index (χ3n) is 2.04. The average Bonchev–Trinajstić information content (AvgIpc) is 2.47. The topological polar surface area (TPSA) is 38.0 Å². The Morgan fingerprint density at radius 2 is 2.36 bits per heavy atom. The largest absolute Gasteiger partial charge is 0.391 e. The summed E-state index contributed by atoms with van der Waals surface area (Å²) < 4.78 is 14.5. The molecule has 1 atom stereocenters. The maximum Gasteiger partial charge on any atom is 0.125 e. The van der Waals surface area contributed by atoms with Gasteiger partial charge in [0.2, 0.25) is 0 Å². The van der Waals surface area contributed by atoms with Crippen molar-refractivity contribution in [2.75, 3.05) is 0 Å². The van der Waals surface area contributed by atoms with Crippen molar-refractivity contribution in [1.82, 2.24) is 9.78 Å². The predicted octanol–water partition coefficient (Wildman–Crippen LogP) is 1.56. The molecule has 0 bridgehead atoms. The van der Waals surface area contributed by atoms with Gasteiger partial charge in [0.25, 0.3) is 0 Å². The molecular weight excluding hydrogens is 183 g/mol. The van der Waals surface area contributed by atoms with Crippen LogP contribution in [0.25, 0.3) is 10.9 Å². The number of benzene rings is 1. The molecule has 74 valence electrons. The van der Waals surface area contributed by atoms with E-state index < -0.39 is 6.10 Å². The van der Waals surface area contributed by atoms with Gasteiger partial charge in [0.15, 0.2) is 0 Å². The van der Waals surface area contributed by atoms with E-state index in [9.17, 15) is 9.50 Å². The second-order valence-corrected chi connectivity index (χ2v) is 3.38. The SMILES string of the molecule is CC(O)Cn1ncc2ccc(F)cc21. The zero-order valence-corrected chi connectivity index (χ0v) is 7.81. The molecule has 3 nitrogen and oxygen atoms in total. The van der Waals surface area contributed by atoms with Crippen LogP contribution in [-0.2, 0) is 6.54 Å². The summed E-state index contributed by atoms with van der Waals surface area (Å²) in [5.74, 6) is -0.287. The van der Waals surface area contributed by atoms with E-state index in [2.05, 4.69) is 5.10 Å². The zero-order valence-electron chi connectivity index (χ0n) is 7.81. The highest BCUT2D eigenvalue weighted by molar-refractivity contribution is 5.78. The van der Waals surface area contributed by atoms with Gasteiger partial charge in [-0.15, -0.1) is 0 Å². The van der Waals surface area contributed by atoms with Gasteiger partial charge in [0.05, 0.1) is 24.4 Å². The average molecular weight is 194 g/mol. The zero-order chi connectivity index (χ0) is 10.1. The van der Waals surface area contributed by atoms with Gasteiger partial charge in [-0.05, 0) is 25.1 Å². The van der Waals surface area contributed by atoms with Gasteiger partial charge >= 0.3 is 0 Å². The summed E-state index contributed by atoms with van der Waals surface area (Å²) in [4.78, 5) is 0. The molecule has 1 aromatic heterocycles. The quantitative estimate of drug-likeness (QED) is 0.787. The molecule has 0 radical (unpaired) electrons. The van der Waals surface area contributed by atoms with E-state index in [0.717, 1.165) is 5.39 Å². The number of fused-ring (bicyclic) bond motifs is 1. The first-order valence-corrected chi connectivity index (χ1v) is 4.46.